The molecule has 0 radical (unpaired) electrons. The third-order valence-corrected chi connectivity index (χ3v) is 6.11. The predicted molar refractivity (Wildman–Crippen MR) is 102 cm³/mol. The number of carbonyl (C=O) groups is 1. The zero-order chi connectivity index (χ0) is 17.7. The van der Waals surface area contributed by atoms with Gasteiger partial charge in [-0.25, -0.2) is 4.98 Å². The van der Waals surface area contributed by atoms with E-state index in [-0.39, 0.29) is 16.7 Å². The Labute approximate surface area is 149 Å². The summed E-state index contributed by atoms with van der Waals surface area (Å²) in [4.78, 5) is 33.5. The molecule has 2 aromatic heterocycles. The van der Waals surface area contributed by atoms with Crippen LogP contribution in [-0.4, -0.2) is 34.2 Å². The van der Waals surface area contributed by atoms with Gasteiger partial charge in [0.15, 0.2) is 0 Å². The number of unbranched alkanes of at least 4 members (excludes halogenated alkanes) is 1. The summed E-state index contributed by atoms with van der Waals surface area (Å²) in [6, 6.07) is 0. The molecule has 0 saturated heterocycles. The van der Waals surface area contributed by atoms with Crippen molar-refractivity contribution in [3.63, 3.8) is 0 Å². The van der Waals surface area contributed by atoms with Gasteiger partial charge in [0.2, 0.25) is 5.91 Å². The fourth-order valence-corrected chi connectivity index (χ4v) is 4.10. The van der Waals surface area contributed by atoms with Crippen molar-refractivity contribution < 1.29 is 4.79 Å². The van der Waals surface area contributed by atoms with Gasteiger partial charge in [-0.2, -0.15) is 0 Å². The van der Waals surface area contributed by atoms with Crippen LogP contribution in [-0.2, 0) is 10.5 Å². The van der Waals surface area contributed by atoms with Crippen molar-refractivity contribution in [2.45, 2.75) is 44.6 Å². The number of aromatic amines is 1. The SMILES string of the molecule is Cc1sc2nc(CSC(C)C(=O)NCCCCN)[nH]c(=O)c2c1C. The second kappa shape index (κ2) is 8.64. The summed E-state index contributed by atoms with van der Waals surface area (Å²) in [5.41, 5.74) is 6.32. The highest BCUT2D eigenvalue weighted by molar-refractivity contribution is 7.99. The van der Waals surface area contributed by atoms with Crippen LogP contribution in [0, 0.1) is 13.8 Å². The van der Waals surface area contributed by atoms with Gasteiger partial charge < -0.3 is 16.0 Å². The molecule has 8 heteroatoms. The predicted octanol–water partition coefficient (Wildman–Crippen LogP) is 2.08. The van der Waals surface area contributed by atoms with Crippen LogP contribution in [0.2, 0.25) is 0 Å². The molecule has 0 aliphatic rings. The van der Waals surface area contributed by atoms with Crippen molar-refractivity contribution in [2.24, 2.45) is 5.73 Å². The maximum atomic E-state index is 12.2. The molecule has 1 amide bonds. The first kappa shape index (κ1) is 19.0. The van der Waals surface area contributed by atoms with E-state index < -0.39 is 0 Å². The van der Waals surface area contributed by atoms with Gasteiger partial charge in [-0.3, -0.25) is 9.59 Å². The highest BCUT2D eigenvalue weighted by atomic mass is 32.2. The fraction of sp³-hybridized carbons (Fsp3) is 0.562. The molecular weight excluding hydrogens is 344 g/mol. The van der Waals surface area contributed by atoms with Crippen LogP contribution in [0.3, 0.4) is 0 Å². The van der Waals surface area contributed by atoms with Gasteiger partial charge in [-0.05, 0) is 45.7 Å². The number of hydrogen-bond donors (Lipinski definition) is 3. The fourth-order valence-electron chi connectivity index (χ4n) is 2.27. The number of H-pyrrole nitrogens is 1. The van der Waals surface area contributed by atoms with E-state index >= 15 is 0 Å². The summed E-state index contributed by atoms with van der Waals surface area (Å²) in [5.74, 6) is 1.11. The monoisotopic (exact) mass is 368 g/mol. The first-order valence-electron chi connectivity index (χ1n) is 8.02. The molecule has 1 atom stereocenters. The Kier molecular flexibility index (Phi) is 6.82. The number of aryl methyl sites for hydroxylation is 2. The van der Waals surface area contributed by atoms with Crippen molar-refractivity contribution in [3.05, 3.63) is 26.6 Å². The van der Waals surface area contributed by atoms with Gasteiger partial charge in [0.25, 0.3) is 5.56 Å². The number of nitrogens with one attached hydrogen (secondary N) is 2. The zero-order valence-electron chi connectivity index (χ0n) is 14.3. The zero-order valence-corrected chi connectivity index (χ0v) is 15.9. The summed E-state index contributed by atoms with van der Waals surface area (Å²) in [5, 5.41) is 3.38. The van der Waals surface area contributed by atoms with Crippen LogP contribution in [0.1, 0.15) is 36.0 Å². The molecular formula is C16H24N4O2S2. The number of aromatic nitrogens is 2. The van der Waals surface area contributed by atoms with Gasteiger partial charge >= 0.3 is 0 Å². The van der Waals surface area contributed by atoms with E-state index in [0.29, 0.717) is 30.1 Å². The summed E-state index contributed by atoms with van der Waals surface area (Å²) >= 11 is 3.00. The molecule has 0 saturated carbocycles. The van der Waals surface area contributed by atoms with Gasteiger partial charge in [0.1, 0.15) is 10.7 Å². The van der Waals surface area contributed by atoms with Crippen LogP contribution < -0.4 is 16.6 Å². The molecule has 0 aliphatic heterocycles. The maximum Gasteiger partial charge on any atom is 0.259 e. The van der Waals surface area contributed by atoms with E-state index in [1.807, 2.05) is 20.8 Å². The van der Waals surface area contributed by atoms with Crippen molar-refractivity contribution in [1.82, 2.24) is 15.3 Å². The normalized spacial score (nSPS) is 12.5. The molecule has 0 bridgehead atoms. The van der Waals surface area contributed by atoms with Crippen LogP contribution in [0.5, 0.6) is 0 Å². The third-order valence-electron chi connectivity index (χ3n) is 3.86. The maximum absolute atomic E-state index is 12.2. The van der Waals surface area contributed by atoms with Crippen molar-refractivity contribution in [1.29, 1.82) is 0 Å². The molecule has 6 nitrogen and oxygen atoms in total. The van der Waals surface area contributed by atoms with E-state index in [4.69, 9.17) is 5.73 Å². The first-order chi connectivity index (χ1) is 11.4. The Hall–Kier alpha value is -1.38. The standard InChI is InChI=1S/C16H24N4O2S2/c1-9-10(2)24-16-13(9)15(22)19-12(20-16)8-23-11(3)14(21)18-7-5-4-6-17/h11H,4-8,17H2,1-3H3,(H,18,21)(H,19,20,22). The van der Waals surface area contributed by atoms with Crippen LogP contribution in [0.4, 0.5) is 0 Å². The molecule has 132 valence electrons. The van der Waals surface area contributed by atoms with E-state index in [0.717, 1.165) is 28.1 Å². The average Bonchev–Trinajstić information content (AvgIpc) is 2.84. The highest BCUT2D eigenvalue weighted by Gasteiger charge is 2.15. The minimum atomic E-state index is -0.198. The average molecular weight is 369 g/mol. The Morgan fingerprint density at radius 3 is 2.88 bits per heavy atom. The van der Waals surface area contributed by atoms with E-state index in [1.54, 1.807) is 0 Å². The highest BCUT2D eigenvalue weighted by Crippen LogP contribution is 2.26. The summed E-state index contributed by atoms with van der Waals surface area (Å²) in [7, 11) is 0. The molecule has 2 aromatic rings. The molecule has 0 aliphatic carbocycles. The molecule has 2 heterocycles. The van der Waals surface area contributed by atoms with E-state index in [2.05, 4.69) is 15.3 Å². The van der Waals surface area contributed by atoms with Crippen LogP contribution >= 0.6 is 23.1 Å². The quantitative estimate of drug-likeness (QED) is 0.619. The van der Waals surface area contributed by atoms with Crippen molar-refractivity contribution in [3.8, 4) is 0 Å². The van der Waals surface area contributed by atoms with Gasteiger partial charge in [-0.1, -0.05) is 0 Å². The lowest BCUT2D eigenvalue weighted by Crippen LogP contribution is -2.32. The van der Waals surface area contributed by atoms with E-state index in [9.17, 15) is 9.59 Å². The molecule has 2 rings (SSSR count). The van der Waals surface area contributed by atoms with Crippen LogP contribution in [0.15, 0.2) is 4.79 Å². The molecule has 4 N–H and O–H groups in total. The van der Waals surface area contributed by atoms with Crippen molar-refractivity contribution in [2.75, 3.05) is 13.1 Å². The van der Waals surface area contributed by atoms with Gasteiger partial charge in [-0.15, -0.1) is 23.1 Å². The Morgan fingerprint density at radius 1 is 1.42 bits per heavy atom. The number of thiophene rings is 1. The number of amides is 1. The lowest BCUT2D eigenvalue weighted by atomic mass is 10.2. The van der Waals surface area contributed by atoms with Gasteiger partial charge in [0, 0.05) is 11.4 Å². The summed E-state index contributed by atoms with van der Waals surface area (Å²) in [6.45, 7) is 7.08. The summed E-state index contributed by atoms with van der Waals surface area (Å²) in [6.07, 6.45) is 1.80. The number of fused-ring (bicyclic) bond motifs is 1. The number of thioether (sulfide) groups is 1. The molecule has 24 heavy (non-hydrogen) atoms. The molecule has 1 unspecified atom stereocenters. The van der Waals surface area contributed by atoms with Gasteiger partial charge in [0.05, 0.1) is 16.4 Å². The number of rotatable bonds is 8. The molecule has 0 fully saturated rings. The lowest BCUT2D eigenvalue weighted by Gasteiger charge is -2.11. The largest absolute Gasteiger partial charge is 0.355 e. The first-order valence-corrected chi connectivity index (χ1v) is 9.88. The topological polar surface area (TPSA) is 101 Å². The lowest BCUT2D eigenvalue weighted by molar-refractivity contribution is -0.120. The molecule has 0 spiro atoms. The Bertz CT molecular complexity index is 769. The second-order valence-electron chi connectivity index (χ2n) is 5.72. The summed E-state index contributed by atoms with van der Waals surface area (Å²) < 4.78 is 0. The van der Waals surface area contributed by atoms with Crippen molar-refractivity contribution >= 4 is 39.2 Å². The number of carbonyl (C=O) groups excluding carboxylic acids is 1. The molecule has 0 aromatic carbocycles. The minimum absolute atomic E-state index is 0.00302. The van der Waals surface area contributed by atoms with Crippen LogP contribution in [0.25, 0.3) is 10.2 Å². The Balaban J connectivity index is 1.95. The number of nitrogens with zero attached hydrogens (tertiary/aromatic N) is 1. The number of nitrogens with two attached hydrogens (primary N) is 1. The smallest absolute Gasteiger partial charge is 0.259 e. The Morgan fingerprint density at radius 2 is 2.17 bits per heavy atom. The van der Waals surface area contributed by atoms with E-state index in [1.165, 1.54) is 23.1 Å². The number of hydrogen-bond acceptors (Lipinski definition) is 6. The second-order valence-corrected chi connectivity index (χ2v) is 8.25. The minimum Gasteiger partial charge on any atom is -0.355 e. The third kappa shape index (κ3) is 4.58.